The Hall–Kier alpha value is -3.36. The Morgan fingerprint density at radius 3 is 2.10 bits per heavy atom. The Kier molecular flexibility index (Phi) is 7.57. The highest BCUT2D eigenvalue weighted by atomic mass is 19.4. The maximum Gasteiger partial charge on any atom is 0.416 e. The number of rotatable bonds is 7. The SMILES string of the molecule is CCN(CC(=O)Nc1ccc(NC(C)=O)cc1)C(=O)Cc1cccc(C(F)(F)F)c1. The monoisotopic (exact) mass is 421 g/mol. The Labute approximate surface area is 172 Å². The normalized spacial score (nSPS) is 11.0. The Balaban J connectivity index is 1.96. The Morgan fingerprint density at radius 1 is 0.967 bits per heavy atom. The number of alkyl halides is 3. The molecule has 0 aliphatic carbocycles. The molecule has 0 bridgehead atoms. The average molecular weight is 421 g/mol. The fourth-order valence-electron chi connectivity index (χ4n) is 2.73. The van der Waals surface area contributed by atoms with Crippen molar-refractivity contribution in [2.24, 2.45) is 0 Å². The van der Waals surface area contributed by atoms with Gasteiger partial charge in [0.25, 0.3) is 0 Å². The van der Waals surface area contributed by atoms with Gasteiger partial charge in [-0.15, -0.1) is 0 Å². The molecule has 0 unspecified atom stereocenters. The predicted molar refractivity (Wildman–Crippen MR) is 107 cm³/mol. The molecule has 6 nitrogen and oxygen atoms in total. The third-order valence-corrected chi connectivity index (χ3v) is 4.17. The van der Waals surface area contributed by atoms with Crippen LogP contribution in [0.5, 0.6) is 0 Å². The minimum absolute atomic E-state index is 0.218. The van der Waals surface area contributed by atoms with Crippen molar-refractivity contribution in [2.75, 3.05) is 23.7 Å². The number of hydrogen-bond acceptors (Lipinski definition) is 3. The molecule has 0 aliphatic heterocycles. The van der Waals surface area contributed by atoms with Crippen molar-refractivity contribution in [1.29, 1.82) is 0 Å². The smallest absolute Gasteiger partial charge is 0.333 e. The van der Waals surface area contributed by atoms with E-state index in [-0.39, 0.29) is 31.0 Å². The van der Waals surface area contributed by atoms with Gasteiger partial charge in [0.1, 0.15) is 0 Å². The van der Waals surface area contributed by atoms with Crippen molar-refractivity contribution in [1.82, 2.24) is 4.90 Å². The molecule has 160 valence electrons. The highest BCUT2D eigenvalue weighted by Crippen LogP contribution is 2.29. The summed E-state index contributed by atoms with van der Waals surface area (Å²) < 4.78 is 38.5. The first kappa shape index (κ1) is 22.9. The molecule has 2 rings (SSSR count). The van der Waals surface area contributed by atoms with Crippen LogP contribution in [0, 0.1) is 0 Å². The minimum atomic E-state index is -4.49. The van der Waals surface area contributed by atoms with Crippen molar-refractivity contribution in [3.63, 3.8) is 0 Å². The molecule has 0 fully saturated rings. The summed E-state index contributed by atoms with van der Waals surface area (Å²) in [5.41, 5.74) is 0.459. The maximum atomic E-state index is 12.8. The zero-order chi connectivity index (χ0) is 22.3. The summed E-state index contributed by atoms with van der Waals surface area (Å²) in [4.78, 5) is 37.0. The summed E-state index contributed by atoms with van der Waals surface area (Å²) in [6.07, 6.45) is -4.73. The van der Waals surface area contributed by atoms with E-state index >= 15 is 0 Å². The van der Waals surface area contributed by atoms with Gasteiger partial charge in [-0.2, -0.15) is 13.2 Å². The van der Waals surface area contributed by atoms with E-state index in [1.54, 1.807) is 31.2 Å². The van der Waals surface area contributed by atoms with Crippen molar-refractivity contribution in [3.05, 3.63) is 59.7 Å². The Morgan fingerprint density at radius 2 is 1.57 bits per heavy atom. The summed E-state index contributed by atoms with van der Waals surface area (Å²) in [5.74, 6) is -1.11. The number of benzene rings is 2. The van der Waals surface area contributed by atoms with Gasteiger partial charge in [0.05, 0.1) is 18.5 Å². The highest BCUT2D eigenvalue weighted by molar-refractivity contribution is 5.95. The second-order valence-corrected chi connectivity index (χ2v) is 6.59. The van der Waals surface area contributed by atoms with Crippen molar-refractivity contribution < 1.29 is 27.6 Å². The number of halogens is 3. The van der Waals surface area contributed by atoms with Crippen LogP contribution in [-0.4, -0.2) is 35.7 Å². The van der Waals surface area contributed by atoms with E-state index in [0.717, 1.165) is 12.1 Å². The number of hydrogen-bond donors (Lipinski definition) is 2. The summed E-state index contributed by atoms with van der Waals surface area (Å²) in [6, 6.07) is 11.0. The highest BCUT2D eigenvalue weighted by Gasteiger charge is 2.30. The fraction of sp³-hybridized carbons (Fsp3) is 0.286. The Bertz CT molecular complexity index is 912. The average Bonchev–Trinajstić information content (AvgIpc) is 2.66. The molecular formula is C21H22F3N3O3. The maximum absolute atomic E-state index is 12.8. The van der Waals surface area contributed by atoms with Crippen molar-refractivity contribution in [2.45, 2.75) is 26.4 Å². The molecule has 0 spiro atoms. The molecule has 3 amide bonds. The molecule has 30 heavy (non-hydrogen) atoms. The zero-order valence-corrected chi connectivity index (χ0v) is 16.5. The van der Waals surface area contributed by atoms with E-state index in [0.29, 0.717) is 11.4 Å². The summed E-state index contributed by atoms with van der Waals surface area (Å²) >= 11 is 0. The molecule has 2 aromatic rings. The van der Waals surface area contributed by atoms with Crippen LogP contribution in [0.4, 0.5) is 24.5 Å². The number of amides is 3. The number of nitrogens with one attached hydrogen (secondary N) is 2. The van der Waals surface area contributed by atoms with Gasteiger partial charge in [-0.05, 0) is 42.8 Å². The van der Waals surface area contributed by atoms with E-state index in [1.807, 2.05) is 0 Å². The third-order valence-electron chi connectivity index (χ3n) is 4.17. The first-order valence-corrected chi connectivity index (χ1v) is 9.20. The summed E-state index contributed by atoms with van der Waals surface area (Å²) in [7, 11) is 0. The van der Waals surface area contributed by atoms with Gasteiger partial charge in [0.15, 0.2) is 0 Å². The van der Waals surface area contributed by atoms with Gasteiger partial charge >= 0.3 is 6.18 Å². The number of carbonyl (C=O) groups is 3. The van der Waals surface area contributed by atoms with E-state index in [9.17, 15) is 27.6 Å². The molecule has 0 saturated carbocycles. The number of likely N-dealkylation sites (N-methyl/N-ethyl adjacent to an activating group) is 1. The van der Waals surface area contributed by atoms with Crippen LogP contribution in [-0.2, 0) is 27.0 Å². The molecule has 0 atom stereocenters. The van der Waals surface area contributed by atoms with Gasteiger partial charge in [-0.1, -0.05) is 18.2 Å². The predicted octanol–water partition coefficient (Wildman–Crippen LogP) is 3.69. The van der Waals surface area contributed by atoms with Crippen LogP contribution in [0.3, 0.4) is 0 Å². The van der Waals surface area contributed by atoms with E-state index < -0.39 is 23.6 Å². The summed E-state index contributed by atoms with van der Waals surface area (Å²) in [6.45, 7) is 3.05. The molecule has 0 aliphatic rings. The molecule has 9 heteroatoms. The molecule has 2 N–H and O–H groups in total. The van der Waals surface area contributed by atoms with Crippen molar-refractivity contribution >= 4 is 29.1 Å². The van der Waals surface area contributed by atoms with Crippen LogP contribution in [0.2, 0.25) is 0 Å². The largest absolute Gasteiger partial charge is 0.416 e. The first-order chi connectivity index (χ1) is 14.1. The molecule has 0 aromatic heterocycles. The second kappa shape index (κ2) is 9.91. The third kappa shape index (κ3) is 6.91. The molecular weight excluding hydrogens is 399 g/mol. The van der Waals surface area contributed by atoms with E-state index in [2.05, 4.69) is 10.6 Å². The lowest BCUT2D eigenvalue weighted by atomic mass is 10.1. The van der Waals surface area contributed by atoms with Crippen LogP contribution >= 0.6 is 0 Å². The lowest BCUT2D eigenvalue weighted by molar-refractivity contribution is -0.138. The van der Waals surface area contributed by atoms with Crippen LogP contribution in [0.25, 0.3) is 0 Å². The van der Waals surface area contributed by atoms with E-state index in [1.165, 1.54) is 24.0 Å². The standard InChI is InChI=1S/C21H22F3N3O3/c1-3-27(20(30)12-15-5-4-6-16(11-15)21(22,23)24)13-19(29)26-18-9-7-17(8-10-18)25-14(2)28/h4-11H,3,12-13H2,1-2H3,(H,25,28)(H,26,29). The van der Waals surface area contributed by atoms with Gasteiger partial charge in [-0.25, -0.2) is 0 Å². The molecule has 0 saturated heterocycles. The topological polar surface area (TPSA) is 78.5 Å². The first-order valence-electron chi connectivity index (χ1n) is 9.20. The molecule has 0 radical (unpaired) electrons. The quantitative estimate of drug-likeness (QED) is 0.716. The van der Waals surface area contributed by atoms with Crippen LogP contribution in [0.15, 0.2) is 48.5 Å². The van der Waals surface area contributed by atoms with Gasteiger partial charge in [0, 0.05) is 24.8 Å². The van der Waals surface area contributed by atoms with Crippen molar-refractivity contribution in [3.8, 4) is 0 Å². The van der Waals surface area contributed by atoms with E-state index in [4.69, 9.17) is 0 Å². The number of anilines is 2. The van der Waals surface area contributed by atoms with Gasteiger partial charge < -0.3 is 15.5 Å². The lowest BCUT2D eigenvalue weighted by Gasteiger charge is -2.21. The number of carbonyl (C=O) groups excluding carboxylic acids is 3. The molecule has 0 heterocycles. The number of nitrogens with zero attached hydrogens (tertiary/aromatic N) is 1. The van der Waals surface area contributed by atoms with Crippen LogP contribution in [0.1, 0.15) is 25.0 Å². The van der Waals surface area contributed by atoms with Gasteiger partial charge in [0.2, 0.25) is 17.7 Å². The second-order valence-electron chi connectivity index (χ2n) is 6.59. The van der Waals surface area contributed by atoms with Gasteiger partial charge in [-0.3, -0.25) is 14.4 Å². The molecule has 2 aromatic carbocycles. The lowest BCUT2D eigenvalue weighted by Crippen LogP contribution is -2.38. The summed E-state index contributed by atoms with van der Waals surface area (Å²) in [5, 5.41) is 5.24. The minimum Gasteiger partial charge on any atom is -0.333 e. The fourth-order valence-corrected chi connectivity index (χ4v) is 2.73. The van der Waals surface area contributed by atoms with Crippen LogP contribution < -0.4 is 10.6 Å². The zero-order valence-electron chi connectivity index (χ0n) is 16.5.